The molecule has 1 aromatic carbocycles. The Morgan fingerprint density at radius 1 is 1.09 bits per heavy atom. The molecule has 0 spiro atoms. The minimum atomic E-state index is -1.05. The highest BCUT2D eigenvalue weighted by atomic mass is 16.5. The molecule has 1 aliphatic carbocycles. The van der Waals surface area contributed by atoms with Gasteiger partial charge in [0.25, 0.3) is 0 Å². The number of piperidine rings is 1. The fourth-order valence-electron chi connectivity index (χ4n) is 5.50. The van der Waals surface area contributed by atoms with Crippen LogP contribution >= 0.6 is 0 Å². The van der Waals surface area contributed by atoms with Crippen LogP contribution in [0.15, 0.2) is 30.3 Å². The molecular formula is C27H43N3O5. The molecule has 1 aromatic rings. The van der Waals surface area contributed by atoms with Gasteiger partial charge in [-0.2, -0.15) is 0 Å². The Bertz CT molecular complexity index is 756. The molecule has 3 N–H and O–H groups in total. The van der Waals surface area contributed by atoms with E-state index in [9.17, 15) is 9.59 Å². The van der Waals surface area contributed by atoms with Crippen molar-refractivity contribution in [1.82, 2.24) is 15.5 Å². The monoisotopic (exact) mass is 489 g/mol. The number of nitrogens with zero attached hydrogens (tertiary/aromatic N) is 1. The predicted molar refractivity (Wildman–Crippen MR) is 135 cm³/mol. The first-order valence-electron chi connectivity index (χ1n) is 13.2. The first-order valence-corrected chi connectivity index (χ1v) is 13.2. The lowest BCUT2D eigenvalue weighted by atomic mass is 9.85. The second kappa shape index (κ2) is 14.9. The van der Waals surface area contributed by atoms with E-state index in [1.165, 1.54) is 19.3 Å². The Hall–Kier alpha value is -2.32. The number of amides is 3. The normalized spacial score (nSPS) is 20.7. The summed E-state index contributed by atoms with van der Waals surface area (Å²) in [6.07, 6.45) is 8.46. The third-order valence-electron chi connectivity index (χ3n) is 7.26. The summed E-state index contributed by atoms with van der Waals surface area (Å²) < 4.78 is 11.5. The molecule has 1 heterocycles. The standard InChI is InChI=1S/C27H43N3O5/c1-34-16-9-17-35-25(22-12-6-3-7-13-22)23-14-8-15-30(20-23)26(31)29-24(19-28-27(32)33)18-21-10-4-2-5-11-21/h3,6-7,12-13,21,23-25,28H,2,4-5,8-11,14-20H2,1H3,(H,29,31)(H,32,33)/t23-,24+,25+/m1/s1. The highest BCUT2D eigenvalue weighted by molar-refractivity contribution is 5.74. The lowest BCUT2D eigenvalue weighted by molar-refractivity contribution is -0.0168. The van der Waals surface area contributed by atoms with Crippen LogP contribution in [0, 0.1) is 11.8 Å². The molecule has 0 bridgehead atoms. The maximum absolute atomic E-state index is 13.3. The molecule has 2 aliphatic rings. The number of hydrogen-bond acceptors (Lipinski definition) is 4. The van der Waals surface area contributed by atoms with Crippen LogP contribution in [0.1, 0.15) is 69.5 Å². The van der Waals surface area contributed by atoms with Crippen molar-refractivity contribution >= 4 is 12.1 Å². The molecule has 0 radical (unpaired) electrons. The molecule has 3 amide bonds. The molecular weight excluding hydrogens is 446 g/mol. The van der Waals surface area contributed by atoms with Crippen molar-refractivity contribution < 1.29 is 24.2 Å². The van der Waals surface area contributed by atoms with E-state index in [2.05, 4.69) is 22.8 Å². The smallest absolute Gasteiger partial charge is 0.404 e. The second-order valence-corrected chi connectivity index (χ2v) is 9.97. The number of nitrogens with one attached hydrogen (secondary N) is 2. The summed E-state index contributed by atoms with van der Waals surface area (Å²) in [5, 5.41) is 14.7. The van der Waals surface area contributed by atoms with Crippen LogP contribution < -0.4 is 10.6 Å². The number of hydrogen-bond donors (Lipinski definition) is 3. The van der Waals surface area contributed by atoms with E-state index in [1.54, 1.807) is 7.11 Å². The van der Waals surface area contributed by atoms with Gasteiger partial charge in [0.2, 0.25) is 0 Å². The van der Waals surface area contributed by atoms with E-state index >= 15 is 0 Å². The third kappa shape index (κ3) is 9.33. The van der Waals surface area contributed by atoms with Crippen molar-refractivity contribution in [2.45, 2.75) is 69.9 Å². The van der Waals surface area contributed by atoms with Gasteiger partial charge in [0.05, 0.1) is 6.10 Å². The van der Waals surface area contributed by atoms with Gasteiger partial charge in [-0.25, -0.2) is 9.59 Å². The van der Waals surface area contributed by atoms with Gasteiger partial charge in [-0.1, -0.05) is 62.4 Å². The molecule has 196 valence electrons. The molecule has 0 aromatic heterocycles. The van der Waals surface area contributed by atoms with Crippen LogP contribution in [-0.4, -0.2) is 68.1 Å². The maximum atomic E-state index is 13.3. The fraction of sp³-hybridized carbons (Fsp3) is 0.704. The van der Waals surface area contributed by atoms with Crippen LogP contribution in [0.25, 0.3) is 0 Å². The zero-order valence-corrected chi connectivity index (χ0v) is 21.1. The summed E-state index contributed by atoms with van der Waals surface area (Å²) in [5.41, 5.74) is 1.14. The zero-order chi connectivity index (χ0) is 24.9. The Balaban J connectivity index is 1.61. The van der Waals surface area contributed by atoms with Crippen LogP contribution in [0.5, 0.6) is 0 Å². The van der Waals surface area contributed by atoms with E-state index in [0.717, 1.165) is 44.1 Å². The van der Waals surface area contributed by atoms with Crippen LogP contribution in [-0.2, 0) is 9.47 Å². The van der Waals surface area contributed by atoms with Crippen LogP contribution in [0.4, 0.5) is 9.59 Å². The van der Waals surface area contributed by atoms with Crippen molar-refractivity contribution in [2.24, 2.45) is 11.8 Å². The van der Waals surface area contributed by atoms with Gasteiger partial charge in [0.15, 0.2) is 0 Å². The molecule has 0 unspecified atom stereocenters. The van der Waals surface area contributed by atoms with Crippen molar-refractivity contribution in [3.63, 3.8) is 0 Å². The largest absolute Gasteiger partial charge is 0.465 e. The van der Waals surface area contributed by atoms with Crippen molar-refractivity contribution in [2.75, 3.05) is 40.0 Å². The van der Waals surface area contributed by atoms with E-state index in [0.29, 0.717) is 32.2 Å². The summed E-state index contributed by atoms with van der Waals surface area (Å²) in [4.78, 5) is 26.3. The van der Waals surface area contributed by atoms with Gasteiger partial charge >= 0.3 is 12.1 Å². The number of urea groups is 1. The van der Waals surface area contributed by atoms with Crippen LogP contribution in [0.3, 0.4) is 0 Å². The average Bonchev–Trinajstić information content (AvgIpc) is 2.88. The molecule has 1 aliphatic heterocycles. The highest BCUT2D eigenvalue weighted by Crippen LogP contribution is 2.33. The van der Waals surface area contributed by atoms with E-state index in [-0.39, 0.29) is 30.6 Å². The van der Waals surface area contributed by atoms with Crippen molar-refractivity contribution in [1.29, 1.82) is 0 Å². The van der Waals surface area contributed by atoms with Gasteiger partial charge in [-0.3, -0.25) is 0 Å². The maximum Gasteiger partial charge on any atom is 0.404 e. The summed E-state index contributed by atoms with van der Waals surface area (Å²) in [7, 11) is 1.69. The summed E-state index contributed by atoms with van der Waals surface area (Å²) in [5.74, 6) is 0.745. The second-order valence-electron chi connectivity index (χ2n) is 9.97. The number of carboxylic acid groups (broad SMARTS) is 1. The minimum Gasteiger partial charge on any atom is -0.465 e. The number of likely N-dealkylation sites (tertiary alicyclic amines) is 1. The zero-order valence-electron chi connectivity index (χ0n) is 21.1. The van der Waals surface area contributed by atoms with Crippen molar-refractivity contribution in [3.05, 3.63) is 35.9 Å². The predicted octanol–water partition coefficient (Wildman–Crippen LogP) is 4.81. The van der Waals surface area contributed by atoms with Gasteiger partial charge in [-0.05, 0) is 37.2 Å². The van der Waals surface area contributed by atoms with E-state index in [1.807, 2.05) is 23.1 Å². The minimum absolute atomic E-state index is 0.0737. The van der Waals surface area contributed by atoms with E-state index in [4.69, 9.17) is 14.6 Å². The lowest BCUT2D eigenvalue weighted by Gasteiger charge is -2.38. The lowest BCUT2D eigenvalue weighted by Crippen LogP contribution is -2.52. The Morgan fingerprint density at radius 2 is 1.86 bits per heavy atom. The molecule has 8 heteroatoms. The van der Waals surface area contributed by atoms with Gasteiger partial charge in [0, 0.05) is 51.9 Å². The number of carbonyl (C=O) groups is 2. The number of benzene rings is 1. The molecule has 1 saturated heterocycles. The third-order valence-corrected chi connectivity index (χ3v) is 7.26. The molecule has 1 saturated carbocycles. The fourth-order valence-corrected chi connectivity index (χ4v) is 5.50. The Kier molecular flexibility index (Phi) is 11.6. The summed E-state index contributed by atoms with van der Waals surface area (Å²) in [6, 6.07) is 9.95. The quantitative estimate of drug-likeness (QED) is 0.366. The molecule has 8 nitrogen and oxygen atoms in total. The molecule has 3 atom stereocenters. The molecule has 3 rings (SSSR count). The van der Waals surface area contributed by atoms with E-state index < -0.39 is 6.09 Å². The van der Waals surface area contributed by atoms with Crippen molar-refractivity contribution in [3.8, 4) is 0 Å². The Morgan fingerprint density at radius 3 is 2.57 bits per heavy atom. The SMILES string of the molecule is COCCCO[C@@H](c1ccccc1)[C@@H]1CCCN(C(=O)N[C@H](CNC(=O)O)CC2CCCCC2)C1. The highest BCUT2D eigenvalue weighted by Gasteiger charge is 2.32. The molecule has 35 heavy (non-hydrogen) atoms. The number of carbonyl (C=O) groups excluding carboxylic acids is 1. The number of methoxy groups -OCH3 is 1. The number of ether oxygens (including phenoxy) is 2. The van der Waals surface area contributed by atoms with Gasteiger partial charge < -0.3 is 30.1 Å². The number of rotatable bonds is 12. The Labute approximate surface area is 209 Å². The van der Waals surface area contributed by atoms with Gasteiger partial charge in [-0.15, -0.1) is 0 Å². The molecule has 2 fully saturated rings. The summed E-state index contributed by atoms with van der Waals surface area (Å²) in [6.45, 7) is 2.84. The first-order chi connectivity index (χ1) is 17.1. The summed E-state index contributed by atoms with van der Waals surface area (Å²) >= 11 is 0. The van der Waals surface area contributed by atoms with Gasteiger partial charge in [0.1, 0.15) is 0 Å². The topological polar surface area (TPSA) is 100 Å². The first kappa shape index (κ1) is 27.3. The van der Waals surface area contributed by atoms with Crippen LogP contribution in [0.2, 0.25) is 0 Å². The average molecular weight is 490 g/mol.